The molecule has 0 saturated heterocycles. The topological polar surface area (TPSA) is 44.8 Å². The molecule has 1 unspecified atom stereocenters. The molecule has 1 aliphatic heterocycles. The first-order valence-electron chi connectivity index (χ1n) is 5.83. The summed E-state index contributed by atoms with van der Waals surface area (Å²) in [6.07, 6.45) is 1.60. The van der Waals surface area contributed by atoms with Gasteiger partial charge in [-0.1, -0.05) is 0 Å². The molecule has 0 aromatic carbocycles. The molecule has 0 spiro atoms. The van der Waals surface area contributed by atoms with E-state index in [4.69, 9.17) is 14.2 Å². The van der Waals surface area contributed by atoms with Crippen LogP contribution in [0.25, 0.3) is 0 Å². The summed E-state index contributed by atoms with van der Waals surface area (Å²) in [5.41, 5.74) is 0.435. The van der Waals surface area contributed by atoms with Gasteiger partial charge < -0.3 is 14.2 Å². The summed E-state index contributed by atoms with van der Waals surface area (Å²) in [7, 11) is 0. The highest BCUT2D eigenvalue weighted by Gasteiger charge is 2.32. The van der Waals surface area contributed by atoms with Crippen molar-refractivity contribution < 1.29 is 19.0 Å². The first kappa shape index (κ1) is 14.0. The quantitative estimate of drug-likeness (QED) is 0.698. The molecule has 0 aliphatic carbocycles. The van der Waals surface area contributed by atoms with E-state index < -0.39 is 11.4 Å². The van der Waals surface area contributed by atoms with Crippen molar-refractivity contribution in [2.75, 3.05) is 0 Å². The van der Waals surface area contributed by atoms with Gasteiger partial charge in [0.15, 0.2) is 0 Å². The molecule has 0 saturated carbocycles. The fourth-order valence-corrected chi connectivity index (χ4v) is 1.51. The fourth-order valence-electron chi connectivity index (χ4n) is 1.51. The molecule has 1 heterocycles. The number of hydrogen-bond acceptors (Lipinski definition) is 4. The van der Waals surface area contributed by atoms with Crippen molar-refractivity contribution in [3.63, 3.8) is 0 Å². The van der Waals surface area contributed by atoms with Crippen LogP contribution in [0.3, 0.4) is 0 Å². The smallest absolute Gasteiger partial charge is 0.309 e. The predicted molar refractivity (Wildman–Crippen MR) is 64.3 cm³/mol. The van der Waals surface area contributed by atoms with Crippen LogP contribution in [0.5, 0.6) is 0 Å². The number of hydrogen-bond donors (Lipinski definition) is 0. The number of ether oxygens (including phenoxy) is 3. The van der Waals surface area contributed by atoms with Crippen LogP contribution < -0.4 is 0 Å². The SMILES string of the molecule is CC1=COC(C)(C)OC1CC(=O)OC(C)(C)C. The van der Waals surface area contributed by atoms with Crippen molar-refractivity contribution in [1.29, 1.82) is 0 Å². The van der Waals surface area contributed by atoms with E-state index in [0.717, 1.165) is 5.57 Å². The Kier molecular flexibility index (Phi) is 3.87. The van der Waals surface area contributed by atoms with Crippen LogP contribution in [0, 0.1) is 0 Å². The van der Waals surface area contributed by atoms with Gasteiger partial charge >= 0.3 is 5.97 Å². The van der Waals surface area contributed by atoms with Crippen LogP contribution >= 0.6 is 0 Å². The molecule has 0 radical (unpaired) electrons. The van der Waals surface area contributed by atoms with E-state index in [1.54, 1.807) is 6.26 Å². The van der Waals surface area contributed by atoms with Crippen molar-refractivity contribution in [3.05, 3.63) is 11.8 Å². The van der Waals surface area contributed by atoms with Crippen LogP contribution in [0.2, 0.25) is 0 Å². The van der Waals surface area contributed by atoms with Gasteiger partial charge in [-0.3, -0.25) is 4.79 Å². The molecule has 1 aliphatic rings. The lowest BCUT2D eigenvalue weighted by molar-refractivity contribution is -0.220. The Balaban J connectivity index is 2.59. The lowest BCUT2D eigenvalue weighted by Crippen LogP contribution is -2.38. The predicted octanol–water partition coefficient (Wildman–Crippen LogP) is 2.77. The summed E-state index contributed by atoms with van der Waals surface area (Å²) in [5, 5.41) is 0. The van der Waals surface area contributed by atoms with Crippen LogP contribution in [-0.4, -0.2) is 23.5 Å². The summed E-state index contributed by atoms with van der Waals surface area (Å²) in [6, 6.07) is 0. The molecule has 98 valence electrons. The van der Waals surface area contributed by atoms with Gasteiger partial charge in [0.25, 0.3) is 0 Å². The number of rotatable bonds is 2. The van der Waals surface area contributed by atoms with Crippen LogP contribution in [-0.2, 0) is 19.0 Å². The Morgan fingerprint density at radius 1 is 1.47 bits per heavy atom. The summed E-state index contributed by atoms with van der Waals surface area (Å²) in [5.74, 6) is -0.945. The maximum atomic E-state index is 11.7. The maximum Gasteiger partial charge on any atom is 0.309 e. The lowest BCUT2D eigenvalue weighted by Gasteiger charge is -2.35. The zero-order valence-corrected chi connectivity index (χ0v) is 11.5. The summed E-state index contributed by atoms with van der Waals surface area (Å²) < 4.78 is 16.3. The molecule has 0 aromatic heterocycles. The van der Waals surface area contributed by atoms with Gasteiger partial charge in [-0.25, -0.2) is 0 Å². The highest BCUT2D eigenvalue weighted by Crippen LogP contribution is 2.27. The van der Waals surface area contributed by atoms with Crippen LogP contribution in [0.1, 0.15) is 48.0 Å². The molecule has 1 rings (SSSR count). The molecular formula is C13H22O4. The molecular weight excluding hydrogens is 220 g/mol. The molecule has 17 heavy (non-hydrogen) atoms. The number of esters is 1. The zero-order chi connectivity index (χ0) is 13.3. The van der Waals surface area contributed by atoms with Crippen molar-refractivity contribution in [2.45, 2.75) is 65.5 Å². The van der Waals surface area contributed by atoms with E-state index in [1.165, 1.54) is 0 Å². The Labute approximate surface area is 103 Å². The maximum absolute atomic E-state index is 11.7. The summed E-state index contributed by atoms with van der Waals surface area (Å²) >= 11 is 0. The standard InChI is InChI=1S/C13H22O4/c1-9-8-15-13(5,6)16-10(9)7-11(14)17-12(2,3)4/h8,10H,7H2,1-6H3. The molecule has 0 amide bonds. The zero-order valence-electron chi connectivity index (χ0n) is 11.5. The minimum atomic E-state index is -0.688. The molecule has 1 atom stereocenters. The average Bonchev–Trinajstić information content (AvgIpc) is 2.07. The second-order valence-corrected chi connectivity index (χ2v) is 5.78. The van der Waals surface area contributed by atoms with Gasteiger partial charge in [0.2, 0.25) is 5.79 Å². The van der Waals surface area contributed by atoms with E-state index in [9.17, 15) is 4.79 Å². The van der Waals surface area contributed by atoms with Crippen LogP contribution in [0.15, 0.2) is 11.8 Å². The van der Waals surface area contributed by atoms with Gasteiger partial charge in [0.1, 0.15) is 5.60 Å². The Hall–Kier alpha value is -1.03. The highest BCUT2D eigenvalue weighted by atomic mass is 16.7. The number of carbonyl (C=O) groups excluding carboxylic acids is 1. The third kappa shape index (κ3) is 4.77. The second kappa shape index (κ2) is 4.69. The first-order chi connectivity index (χ1) is 7.59. The Morgan fingerprint density at radius 2 is 2.06 bits per heavy atom. The molecule has 0 bridgehead atoms. The minimum Gasteiger partial charge on any atom is -0.471 e. The monoisotopic (exact) mass is 242 g/mol. The van der Waals surface area contributed by atoms with Crippen molar-refractivity contribution in [3.8, 4) is 0 Å². The molecule has 0 aromatic rings. The molecule has 0 fully saturated rings. The van der Waals surface area contributed by atoms with Crippen LogP contribution in [0.4, 0.5) is 0 Å². The number of carbonyl (C=O) groups is 1. The molecule has 4 heteroatoms. The van der Waals surface area contributed by atoms with E-state index in [-0.39, 0.29) is 18.5 Å². The Bertz CT molecular complexity index is 323. The van der Waals surface area contributed by atoms with Gasteiger partial charge in [-0.2, -0.15) is 0 Å². The summed E-state index contributed by atoms with van der Waals surface area (Å²) in [4.78, 5) is 11.7. The van der Waals surface area contributed by atoms with Gasteiger partial charge in [-0.05, 0) is 33.3 Å². The lowest BCUT2D eigenvalue weighted by atomic mass is 10.1. The Morgan fingerprint density at radius 3 is 2.59 bits per heavy atom. The normalized spacial score (nSPS) is 23.6. The van der Waals surface area contributed by atoms with Gasteiger partial charge in [-0.15, -0.1) is 0 Å². The van der Waals surface area contributed by atoms with E-state index in [0.29, 0.717) is 0 Å². The molecule has 4 nitrogen and oxygen atoms in total. The molecule has 0 N–H and O–H groups in total. The first-order valence-corrected chi connectivity index (χ1v) is 5.83. The minimum absolute atomic E-state index is 0.215. The van der Waals surface area contributed by atoms with E-state index >= 15 is 0 Å². The van der Waals surface area contributed by atoms with Gasteiger partial charge in [0.05, 0.1) is 18.8 Å². The highest BCUT2D eigenvalue weighted by molar-refractivity contribution is 5.71. The van der Waals surface area contributed by atoms with Crippen molar-refractivity contribution in [2.24, 2.45) is 0 Å². The third-order valence-corrected chi connectivity index (χ3v) is 2.23. The van der Waals surface area contributed by atoms with Gasteiger partial charge in [0, 0.05) is 13.8 Å². The average molecular weight is 242 g/mol. The van der Waals surface area contributed by atoms with Crippen molar-refractivity contribution >= 4 is 5.97 Å². The van der Waals surface area contributed by atoms with Crippen molar-refractivity contribution in [1.82, 2.24) is 0 Å². The summed E-state index contributed by atoms with van der Waals surface area (Å²) in [6.45, 7) is 11.1. The fraction of sp³-hybridized carbons (Fsp3) is 0.769. The van der Waals surface area contributed by atoms with E-state index in [1.807, 2.05) is 41.5 Å². The van der Waals surface area contributed by atoms with E-state index in [2.05, 4.69) is 0 Å². The largest absolute Gasteiger partial charge is 0.471 e. The third-order valence-electron chi connectivity index (χ3n) is 2.23. The second-order valence-electron chi connectivity index (χ2n) is 5.78.